The molecule has 0 spiro atoms. The molecular weight excluding hydrogens is 266 g/mol. The summed E-state index contributed by atoms with van der Waals surface area (Å²) < 4.78 is 5.67. The fourth-order valence-electron chi connectivity index (χ4n) is 2.40. The van der Waals surface area contributed by atoms with Crippen molar-refractivity contribution in [1.29, 1.82) is 0 Å². The van der Waals surface area contributed by atoms with Crippen molar-refractivity contribution in [2.24, 2.45) is 5.84 Å². The van der Waals surface area contributed by atoms with Crippen molar-refractivity contribution in [3.63, 3.8) is 0 Å². The number of nitrogens with two attached hydrogens (primary N) is 1. The summed E-state index contributed by atoms with van der Waals surface area (Å²) in [4.78, 5) is 13.8. The van der Waals surface area contributed by atoms with Crippen molar-refractivity contribution in [2.75, 3.05) is 11.4 Å². The topological polar surface area (TPSA) is 71.5 Å². The number of amides is 1. The maximum Gasteiger partial charge on any atom is 0.268 e. The summed E-state index contributed by atoms with van der Waals surface area (Å²) in [6.45, 7) is 7.40. The van der Waals surface area contributed by atoms with Gasteiger partial charge in [-0.1, -0.05) is 18.2 Å². The number of hydrogen-bond acceptors (Lipinski definition) is 4. The van der Waals surface area contributed by atoms with E-state index >= 15 is 0 Å². The number of nitrogens with zero attached hydrogens (tertiary/aromatic N) is 1. The number of hydrogen-bond donors (Lipinski definition) is 2. The first-order valence-corrected chi connectivity index (χ1v) is 6.97. The molecule has 0 aliphatic rings. The van der Waals surface area contributed by atoms with Crippen LogP contribution in [0.2, 0.25) is 0 Å². The van der Waals surface area contributed by atoms with E-state index in [1.807, 2.05) is 12.1 Å². The molecule has 2 rings (SSSR count). The smallest absolute Gasteiger partial charge is 0.268 e. The van der Waals surface area contributed by atoms with Crippen LogP contribution in [0.25, 0.3) is 0 Å². The quantitative estimate of drug-likeness (QED) is 0.503. The number of rotatable bonds is 5. The predicted octanol–water partition coefficient (Wildman–Crippen LogP) is 2.53. The average molecular weight is 287 g/mol. The maximum absolute atomic E-state index is 11.6. The third-order valence-electron chi connectivity index (χ3n) is 3.53. The number of anilines is 1. The van der Waals surface area contributed by atoms with Gasteiger partial charge in [0.25, 0.3) is 5.91 Å². The number of carbonyl (C=O) groups is 1. The molecule has 0 fully saturated rings. The van der Waals surface area contributed by atoms with Crippen molar-refractivity contribution in [2.45, 2.75) is 27.3 Å². The Balaban J connectivity index is 2.24. The van der Waals surface area contributed by atoms with E-state index < -0.39 is 0 Å². The average Bonchev–Trinajstić information content (AvgIpc) is 2.85. The van der Waals surface area contributed by atoms with Gasteiger partial charge in [0.15, 0.2) is 0 Å². The molecular formula is C16H21N3O2. The molecule has 1 heterocycles. The van der Waals surface area contributed by atoms with Crippen LogP contribution in [0.1, 0.15) is 34.4 Å². The third-order valence-corrected chi connectivity index (χ3v) is 3.53. The first-order chi connectivity index (χ1) is 10.1. The van der Waals surface area contributed by atoms with Gasteiger partial charge >= 0.3 is 0 Å². The Morgan fingerprint density at radius 2 is 2.05 bits per heavy atom. The lowest BCUT2D eigenvalue weighted by Crippen LogP contribution is -2.30. The summed E-state index contributed by atoms with van der Waals surface area (Å²) in [6.07, 6.45) is 0. The van der Waals surface area contributed by atoms with Crippen LogP contribution in [0.5, 0.6) is 0 Å². The van der Waals surface area contributed by atoms with Crippen molar-refractivity contribution in [3.05, 3.63) is 53.0 Å². The number of furan rings is 1. The Bertz CT molecular complexity index is 634. The van der Waals surface area contributed by atoms with Crippen molar-refractivity contribution < 1.29 is 9.21 Å². The van der Waals surface area contributed by atoms with Gasteiger partial charge in [-0.05, 0) is 38.5 Å². The predicted molar refractivity (Wildman–Crippen MR) is 83.0 cm³/mol. The maximum atomic E-state index is 11.6. The normalized spacial score (nSPS) is 10.5. The fourth-order valence-corrected chi connectivity index (χ4v) is 2.40. The monoisotopic (exact) mass is 287 g/mol. The van der Waals surface area contributed by atoms with E-state index in [0.29, 0.717) is 17.9 Å². The molecule has 0 radical (unpaired) electrons. The Kier molecular flexibility index (Phi) is 4.65. The summed E-state index contributed by atoms with van der Waals surface area (Å²) in [6, 6.07) is 9.96. The van der Waals surface area contributed by atoms with Crippen LogP contribution in [0, 0.1) is 13.8 Å². The van der Waals surface area contributed by atoms with E-state index in [-0.39, 0.29) is 5.91 Å². The van der Waals surface area contributed by atoms with Gasteiger partial charge in [-0.15, -0.1) is 0 Å². The summed E-state index contributed by atoms with van der Waals surface area (Å²) >= 11 is 0. The molecule has 5 nitrogen and oxygen atoms in total. The highest BCUT2D eigenvalue weighted by atomic mass is 16.3. The van der Waals surface area contributed by atoms with Gasteiger partial charge in [-0.2, -0.15) is 0 Å². The molecule has 0 bridgehead atoms. The Morgan fingerprint density at radius 1 is 1.33 bits per heavy atom. The first-order valence-electron chi connectivity index (χ1n) is 6.97. The Hall–Kier alpha value is -2.27. The number of nitrogen functional groups attached to an aromatic ring is 1. The highest BCUT2D eigenvalue weighted by Crippen LogP contribution is 2.23. The molecule has 0 atom stereocenters. The van der Waals surface area contributed by atoms with Crippen LogP contribution in [0.3, 0.4) is 0 Å². The second-order valence-corrected chi connectivity index (χ2v) is 4.96. The summed E-state index contributed by atoms with van der Waals surface area (Å²) in [5.41, 5.74) is 4.99. The van der Waals surface area contributed by atoms with Crippen LogP contribution in [0.4, 0.5) is 5.69 Å². The number of hydrazine groups is 1. The lowest BCUT2D eigenvalue weighted by molar-refractivity contribution is 0.0952. The molecule has 1 aromatic carbocycles. The highest BCUT2D eigenvalue weighted by molar-refractivity contribution is 5.94. The van der Waals surface area contributed by atoms with Gasteiger partial charge in [0.2, 0.25) is 0 Å². The SMILES string of the molecule is CCN(Cc1cc(C(=O)NN)c(C)o1)c1ccccc1C. The van der Waals surface area contributed by atoms with Crippen LogP contribution in [-0.2, 0) is 6.54 Å². The zero-order chi connectivity index (χ0) is 15.4. The summed E-state index contributed by atoms with van der Waals surface area (Å²) in [7, 11) is 0. The minimum atomic E-state index is -0.332. The summed E-state index contributed by atoms with van der Waals surface area (Å²) in [5, 5.41) is 0. The molecule has 1 aromatic heterocycles. The molecule has 3 N–H and O–H groups in total. The van der Waals surface area contributed by atoms with Crippen LogP contribution >= 0.6 is 0 Å². The van der Waals surface area contributed by atoms with Crippen molar-refractivity contribution in [3.8, 4) is 0 Å². The lowest BCUT2D eigenvalue weighted by Gasteiger charge is -2.23. The third kappa shape index (κ3) is 3.25. The molecule has 0 unspecified atom stereocenters. The van der Waals surface area contributed by atoms with E-state index in [1.54, 1.807) is 13.0 Å². The summed E-state index contributed by atoms with van der Waals surface area (Å²) in [5.74, 6) is 6.16. The van der Waals surface area contributed by atoms with Gasteiger partial charge in [0, 0.05) is 12.2 Å². The molecule has 0 saturated heterocycles. The van der Waals surface area contributed by atoms with E-state index in [9.17, 15) is 4.79 Å². The van der Waals surface area contributed by atoms with E-state index in [1.165, 1.54) is 11.3 Å². The molecule has 5 heteroatoms. The molecule has 0 saturated carbocycles. The zero-order valence-corrected chi connectivity index (χ0v) is 12.6. The minimum Gasteiger partial charge on any atom is -0.464 e. The van der Waals surface area contributed by atoms with E-state index in [2.05, 4.69) is 36.3 Å². The largest absolute Gasteiger partial charge is 0.464 e. The van der Waals surface area contributed by atoms with Gasteiger partial charge in [0.05, 0.1) is 12.1 Å². The number of carbonyl (C=O) groups excluding carboxylic acids is 1. The Labute approximate surface area is 124 Å². The van der Waals surface area contributed by atoms with Gasteiger partial charge in [0.1, 0.15) is 11.5 Å². The number of para-hydroxylation sites is 1. The molecule has 0 aliphatic carbocycles. The fraction of sp³-hybridized carbons (Fsp3) is 0.312. The number of nitrogens with one attached hydrogen (secondary N) is 1. The molecule has 2 aromatic rings. The van der Waals surface area contributed by atoms with E-state index in [0.717, 1.165) is 12.3 Å². The molecule has 21 heavy (non-hydrogen) atoms. The number of aryl methyl sites for hydroxylation is 2. The minimum absolute atomic E-state index is 0.332. The molecule has 112 valence electrons. The molecule has 0 aliphatic heterocycles. The van der Waals surface area contributed by atoms with Gasteiger partial charge < -0.3 is 9.32 Å². The number of benzene rings is 1. The van der Waals surface area contributed by atoms with Crippen molar-refractivity contribution in [1.82, 2.24) is 5.43 Å². The first kappa shape index (κ1) is 15.1. The zero-order valence-electron chi connectivity index (χ0n) is 12.6. The van der Waals surface area contributed by atoms with E-state index in [4.69, 9.17) is 10.3 Å². The van der Waals surface area contributed by atoms with Crippen molar-refractivity contribution >= 4 is 11.6 Å². The van der Waals surface area contributed by atoms with Crippen LogP contribution in [-0.4, -0.2) is 12.5 Å². The van der Waals surface area contributed by atoms with Gasteiger partial charge in [-0.25, -0.2) is 5.84 Å². The highest BCUT2D eigenvalue weighted by Gasteiger charge is 2.16. The van der Waals surface area contributed by atoms with Crippen LogP contribution in [0.15, 0.2) is 34.7 Å². The second kappa shape index (κ2) is 6.45. The van der Waals surface area contributed by atoms with Gasteiger partial charge in [-0.3, -0.25) is 10.2 Å². The van der Waals surface area contributed by atoms with Crippen LogP contribution < -0.4 is 16.2 Å². The molecule has 1 amide bonds. The standard InChI is InChI=1S/C16H21N3O2/c1-4-19(15-8-6-5-7-11(15)2)10-13-9-14(12(3)21-13)16(20)18-17/h5-9H,4,10,17H2,1-3H3,(H,18,20). The second-order valence-electron chi connectivity index (χ2n) is 4.96. The lowest BCUT2D eigenvalue weighted by atomic mass is 10.1. The Morgan fingerprint density at radius 3 is 2.67 bits per heavy atom.